The van der Waals surface area contributed by atoms with Gasteiger partial charge in [0.15, 0.2) is 6.04 Å². The SMILES string of the molecule is CC/C=C\C/C=C\C/C=C\C/C=C\C/C=C\C/C=C\CCCCCCC(=O)NC(COP(=O)(O)OCC(O)COC(=O)CCC)C(=O)O. The molecule has 0 fully saturated rings. The molecule has 0 rings (SSSR count). The third kappa shape index (κ3) is 30.3. The lowest BCUT2D eigenvalue weighted by Crippen LogP contribution is -2.43. The summed E-state index contributed by atoms with van der Waals surface area (Å²) in [6.45, 7) is 1.98. The Labute approximate surface area is 287 Å². The monoisotopic (exact) mass is 695 g/mol. The maximum absolute atomic E-state index is 12.2. The first-order valence-electron chi connectivity index (χ1n) is 17.0. The van der Waals surface area contributed by atoms with E-state index in [0.717, 1.165) is 64.2 Å². The van der Waals surface area contributed by atoms with Gasteiger partial charge in [-0.25, -0.2) is 9.36 Å². The number of phosphoric ester groups is 1. The highest BCUT2D eigenvalue weighted by Gasteiger charge is 2.28. The summed E-state index contributed by atoms with van der Waals surface area (Å²) in [5.74, 6) is -2.48. The van der Waals surface area contributed by atoms with E-state index in [9.17, 15) is 34.1 Å². The second-order valence-electron chi connectivity index (χ2n) is 11.0. The molecule has 3 atom stereocenters. The van der Waals surface area contributed by atoms with Gasteiger partial charge in [0.1, 0.15) is 12.7 Å². The number of carboxylic acid groups (broad SMARTS) is 1. The van der Waals surface area contributed by atoms with Crippen LogP contribution in [0.5, 0.6) is 0 Å². The number of allylic oxidation sites excluding steroid dienone is 12. The van der Waals surface area contributed by atoms with Crippen LogP contribution >= 0.6 is 7.82 Å². The van der Waals surface area contributed by atoms with Crippen molar-refractivity contribution in [3.63, 3.8) is 0 Å². The molecule has 3 unspecified atom stereocenters. The minimum Gasteiger partial charge on any atom is -0.480 e. The van der Waals surface area contributed by atoms with E-state index in [1.54, 1.807) is 6.92 Å². The van der Waals surface area contributed by atoms with Crippen molar-refractivity contribution in [1.82, 2.24) is 5.32 Å². The Balaban J connectivity index is 3.98. The molecule has 0 heterocycles. The number of hydrogen-bond donors (Lipinski definition) is 4. The number of carbonyl (C=O) groups excluding carboxylic acids is 2. The Morgan fingerprint density at radius 2 is 1.19 bits per heavy atom. The molecule has 0 aromatic carbocycles. The van der Waals surface area contributed by atoms with E-state index in [0.29, 0.717) is 12.8 Å². The highest BCUT2D eigenvalue weighted by atomic mass is 31.2. The molecule has 0 spiro atoms. The summed E-state index contributed by atoms with van der Waals surface area (Å²) in [5, 5.41) is 21.4. The number of unbranched alkanes of at least 4 members (excludes halogenated alkanes) is 4. The Hall–Kier alpha value is -3.08. The Kier molecular flexibility index (Phi) is 29.2. The quantitative estimate of drug-likeness (QED) is 0.0257. The number of carbonyl (C=O) groups is 3. The van der Waals surface area contributed by atoms with Crippen LogP contribution < -0.4 is 5.32 Å². The minimum absolute atomic E-state index is 0.111. The molecule has 0 aliphatic heterocycles. The molecule has 0 aliphatic rings. The topological polar surface area (TPSA) is 169 Å². The predicted octanol–water partition coefficient (Wildman–Crippen LogP) is 7.43. The van der Waals surface area contributed by atoms with Crippen LogP contribution in [0.4, 0.5) is 0 Å². The second-order valence-corrected chi connectivity index (χ2v) is 12.4. The smallest absolute Gasteiger partial charge is 0.472 e. The standard InChI is InChI=1S/C36H58NO10P/c1-3-5-6-7-8-9-10-11-12-13-14-15-16-17-18-19-20-21-22-23-24-25-26-28-34(39)37-33(36(41)42)31-47-48(43,44)46-30-32(38)29-45-35(40)27-4-2/h5-6,8-9,11-12,14-15,17-18,20-21,32-33,38H,3-4,7,10,13,16,19,22-31H2,1-2H3,(H,37,39)(H,41,42)(H,43,44)/b6-5-,9-8-,12-11-,15-14-,18-17-,21-20-. The van der Waals surface area contributed by atoms with Crippen molar-refractivity contribution in [3.05, 3.63) is 72.9 Å². The second kappa shape index (κ2) is 31.2. The molecular weight excluding hydrogens is 637 g/mol. The Bertz CT molecular complexity index is 1100. The number of amides is 1. The van der Waals surface area contributed by atoms with Crippen molar-refractivity contribution in [2.45, 2.75) is 116 Å². The maximum atomic E-state index is 12.2. The predicted molar refractivity (Wildman–Crippen MR) is 189 cm³/mol. The van der Waals surface area contributed by atoms with Crippen LogP contribution in [0.2, 0.25) is 0 Å². The van der Waals surface area contributed by atoms with Gasteiger partial charge in [-0.3, -0.25) is 18.6 Å². The molecule has 1 amide bonds. The summed E-state index contributed by atoms with van der Waals surface area (Å²) in [6.07, 6.45) is 35.6. The van der Waals surface area contributed by atoms with E-state index < -0.39 is 57.6 Å². The maximum Gasteiger partial charge on any atom is 0.472 e. The first-order valence-corrected chi connectivity index (χ1v) is 18.5. The number of aliphatic carboxylic acids is 1. The summed E-state index contributed by atoms with van der Waals surface area (Å²) < 4.78 is 26.1. The largest absolute Gasteiger partial charge is 0.480 e. The van der Waals surface area contributed by atoms with Crippen LogP contribution in [0.1, 0.15) is 104 Å². The lowest BCUT2D eigenvalue weighted by Gasteiger charge is -2.18. The molecule has 0 radical (unpaired) electrons. The van der Waals surface area contributed by atoms with Crippen LogP contribution in [0.3, 0.4) is 0 Å². The van der Waals surface area contributed by atoms with Gasteiger partial charge in [-0.15, -0.1) is 0 Å². The fourth-order valence-corrected chi connectivity index (χ4v) is 4.65. The van der Waals surface area contributed by atoms with Crippen LogP contribution in [0, 0.1) is 0 Å². The molecule has 0 saturated heterocycles. The number of nitrogens with one attached hydrogen (secondary N) is 1. The molecule has 0 bridgehead atoms. The summed E-state index contributed by atoms with van der Waals surface area (Å²) in [5.41, 5.74) is 0. The number of aliphatic hydroxyl groups is 1. The van der Waals surface area contributed by atoms with Gasteiger partial charge in [-0.05, 0) is 64.2 Å². The normalized spacial score (nSPS) is 14.9. The first kappa shape index (κ1) is 44.9. The highest BCUT2D eigenvalue weighted by Crippen LogP contribution is 2.43. The van der Waals surface area contributed by atoms with Crippen molar-refractivity contribution in [2.75, 3.05) is 19.8 Å². The van der Waals surface area contributed by atoms with Gasteiger partial charge < -0.3 is 25.2 Å². The number of hydrogen-bond acceptors (Lipinski definition) is 8. The zero-order valence-corrected chi connectivity index (χ0v) is 29.6. The summed E-state index contributed by atoms with van der Waals surface area (Å²) in [6, 6.07) is -1.56. The fraction of sp³-hybridized carbons (Fsp3) is 0.583. The van der Waals surface area contributed by atoms with Gasteiger partial charge in [0.05, 0.1) is 13.2 Å². The third-order valence-electron chi connectivity index (χ3n) is 6.48. The molecule has 0 saturated carbocycles. The fourth-order valence-electron chi connectivity index (χ4n) is 3.88. The highest BCUT2D eigenvalue weighted by molar-refractivity contribution is 7.47. The number of aliphatic hydroxyl groups excluding tert-OH is 1. The Morgan fingerprint density at radius 1 is 0.688 bits per heavy atom. The van der Waals surface area contributed by atoms with E-state index in [1.807, 2.05) is 0 Å². The lowest BCUT2D eigenvalue weighted by atomic mass is 10.1. The summed E-state index contributed by atoms with van der Waals surface area (Å²) in [7, 11) is -4.74. The van der Waals surface area contributed by atoms with Gasteiger partial charge in [0.2, 0.25) is 5.91 Å². The van der Waals surface area contributed by atoms with Crippen molar-refractivity contribution < 1.29 is 47.8 Å². The van der Waals surface area contributed by atoms with Crippen molar-refractivity contribution in [2.24, 2.45) is 0 Å². The number of rotatable bonds is 30. The van der Waals surface area contributed by atoms with Crippen LogP contribution in [0.15, 0.2) is 72.9 Å². The molecule has 48 heavy (non-hydrogen) atoms. The van der Waals surface area contributed by atoms with Crippen LogP contribution in [0.25, 0.3) is 0 Å². The van der Waals surface area contributed by atoms with E-state index >= 15 is 0 Å². The average molecular weight is 696 g/mol. The number of ether oxygens (including phenoxy) is 1. The van der Waals surface area contributed by atoms with Crippen molar-refractivity contribution >= 4 is 25.7 Å². The zero-order chi connectivity index (χ0) is 35.7. The molecule has 272 valence electrons. The molecule has 4 N–H and O–H groups in total. The molecule has 12 heteroatoms. The van der Waals surface area contributed by atoms with E-state index in [-0.39, 0.29) is 12.8 Å². The summed E-state index contributed by atoms with van der Waals surface area (Å²) in [4.78, 5) is 44.7. The minimum atomic E-state index is -4.74. The van der Waals surface area contributed by atoms with Gasteiger partial charge >= 0.3 is 19.8 Å². The summed E-state index contributed by atoms with van der Waals surface area (Å²) >= 11 is 0. The van der Waals surface area contributed by atoms with E-state index in [1.165, 1.54) is 0 Å². The van der Waals surface area contributed by atoms with Crippen molar-refractivity contribution in [1.29, 1.82) is 0 Å². The van der Waals surface area contributed by atoms with E-state index in [4.69, 9.17) is 4.74 Å². The molecule has 11 nitrogen and oxygen atoms in total. The van der Waals surface area contributed by atoms with Gasteiger partial charge in [0.25, 0.3) is 0 Å². The van der Waals surface area contributed by atoms with Crippen LogP contribution in [-0.4, -0.2) is 64.9 Å². The van der Waals surface area contributed by atoms with Crippen LogP contribution in [-0.2, 0) is 32.7 Å². The molecule has 0 aromatic rings. The lowest BCUT2D eigenvalue weighted by molar-refractivity contribution is -0.147. The van der Waals surface area contributed by atoms with Gasteiger partial charge in [-0.1, -0.05) is 99.6 Å². The average Bonchev–Trinajstić information content (AvgIpc) is 3.05. The zero-order valence-electron chi connectivity index (χ0n) is 28.8. The first-order chi connectivity index (χ1) is 23.1. The van der Waals surface area contributed by atoms with Crippen molar-refractivity contribution in [3.8, 4) is 0 Å². The number of carboxylic acids is 1. The van der Waals surface area contributed by atoms with Gasteiger partial charge in [0, 0.05) is 12.8 Å². The number of phosphoric acid groups is 1. The molecule has 0 aliphatic carbocycles. The Morgan fingerprint density at radius 3 is 1.71 bits per heavy atom. The third-order valence-corrected chi connectivity index (χ3v) is 7.43. The van der Waals surface area contributed by atoms with E-state index in [2.05, 4.69) is 94.2 Å². The molecule has 0 aromatic heterocycles. The van der Waals surface area contributed by atoms with Gasteiger partial charge in [-0.2, -0.15) is 0 Å². The molecular formula is C36H58NO10P. The number of esters is 1.